The molecule has 0 amide bonds. The van der Waals surface area contributed by atoms with Crippen LogP contribution in [0.3, 0.4) is 0 Å². The average molecular weight is 257 g/mol. The van der Waals surface area contributed by atoms with E-state index in [1.165, 1.54) is 11.8 Å². The molecule has 1 heterocycles. The molecule has 0 aliphatic heterocycles. The molecule has 0 aliphatic carbocycles. The Hall–Kier alpha value is -2.36. The van der Waals surface area contributed by atoms with Crippen molar-refractivity contribution in [2.45, 2.75) is 19.8 Å². The Morgan fingerprint density at radius 2 is 1.84 bits per heavy atom. The summed E-state index contributed by atoms with van der Waals surface area (Å²) in [5.41, 5.74) is 2.21. The van der Waals surface area contributed by atoms with Crippen molar-refractivity contribution in [2.24, 2.45) is 0 Å². The van der Waals surface area contributed by atoms with Crippen molar-refractivity contribution in [1.29, 1.82) is 0 Å². The zero-order chi connectivity index (χ0) is 13.8. The topological polar surface area (TPSA) is 70.2 Å². The van der Waals surface area contributed by atoms with Crippen LogP contribution in [0.1, 0.15) is 27.0 Å². The van der Waals surface area contributed by atoms with Crippen molar-refractivity contribution >= 4 is 5.97 Å². The summed E-state index contributed by atoms with van der Waals surface area (Å²) in [7, 11) is 0. The van der Waals surface area contributed by atoms with Gasteiger partial charge in [-0.3, -0.25) is 4.79 Å². The molecule has 1 aromatic carbocycles. The van der Waals surface area contributed by atoms with Crippen LogP contribution in [0.4, 0.5) is 0 Å². The Kier molecular flexibility index (Phi) is 3.80. The molecule has 2 aromatic rings. The van der Waals surface area contributed by atoms with Crippen molar-refractivity contribution in [3.05, 3.63) is 69.1 Å². The Bertz CT molecular complexity index is 641. The Morgan fingerprint density at radius 1 is 1.16 bits per heavy atom. The highest BCUT2D eigenvalue weighted by Crippen LogP contribution is 2.07. The summed E-state index contributed by atoms with van der Waals surface area (Å²) in [6, 6.07) is 8.08. The number of hydrogen-bond donors (Lipinski definition) is 2. The highest BCUT2D eigenvalue weighted by molar-refractivity contribution is 5.87. The van der Waals surface area contributed by atoms with E-state index >= 15 is 0 Å². The molecule has 0 fully saturated rings. The van der Waals surface area contributed by atoms with Crippen LogP contribution >= 0.6 is 0 Å². The number of aromatic carboxylic acids is 1. The molecule has 2 rings (SSSR count). The number of carbonyl (C=O) groups is 1. The number of H-pyrrole nitrogens is 1. The predicted molar refractivity (Wildman–Crippen MR) is 72.6 cm³/mol. The fourth-order valence-electron chi connectivity index (χ4n) is 1.91. The van der Waals surface area contributed by atoms with Crippen LogP contribution in [0.25, 0.3) is 0 Å². The molecule has 2 N–H and O–H groups in total. The summed E-state index contributed by atoms with van der Waals surface area (Å²) in [6.45, 7) is 2.02. The zero-order valence-corrected chi connectivity index (χ0v) is 10.6. The summed E-state index contributed by atoms with van der Waals surface area (Å²) in [4.78, 5) is 25.5. The van der Waals surface area contributed by atoms with E-state index in [0.29, 0.717) is 18.4 Å². The summed E-state index contributed by atoms with van der Waals surface area (Å²) in [5, 5.41) is 8.89. The molecule has 0 saturated heterocycles. The second-order valence-corrected chi connectivity index (χ2v) is 4.51. The Labute approximate surface area is 110 Å². The number of nitrogens with one attached hydrogen (secondary N) is 1. The quantitative estimate of drug-likeness (QED) is 0.881. The maximum atomic E-state index is 11.9. The second kappa shape index (κ2) is 5.52. The highest BCUT2D eigenvalue weighted by atomic mass is 16.4. The molecule has 0 radical (unpaired) electrons. The number of rotatable bonds is 4. The van der Waals surface area contributed by atoms with Crippen LogP contribution in [0, 0.1) is 6.92 Å². The minimum atomic E-state index is -1.20. The zero-order valence-electron chi connectivity index (χ0n) is 10.6. The number of hydrogen-bond acceptors (Lipinski definition) is 2. The van der Waals surface area contributed by atoms with Gasteiger partial charge in [0.15, 0.2) is 5.43 Å². The largest absolute Gasteiger partial charge is 0.477 e. The number of aromatic nitrogens is 1. The second-order valence-electron chi connectivity index (χ2n) is 4.51. The maximum Gasteiger partial charge on any atom is 0.341 e. The first-order valence-electron chi connectivity index (χ1n) is 6.07. The molecular formula is C15H15NO3. The smallest absolute Gasteiger partial charge is 0.341 e. The fraction of sp³-hybridized carbons (Fsp3) is 0.200. The van der Waals surface area contributed by atoms with Crippen molar-refractivity contribution in [3.63, 3.8) is 0 Å². The first-order chi connectivity index (χ1) is 9.08. The van der Waals surface area contributed by atoms with Crippen LogP contribution in [0.2, 0.25) is 0 Å². The number of benzene rings is 1. The lowest BCUT2D eigenvalue weighted by atomic mass is 10.0. The molecule has 0 unspecified atom stereocenters. The SMILES string of the molecule is Cc1ccc(CCc2c[nH]cc(C(=O)O)c2=O)cc1. The molecule has 0 aliphatic rings. The number of aromatic amines is 1. The standard InChI is InChI=1S/C15H15NO3/c1-10-2-4-11(5-3-10)6-7-12-8-16-9-13(14(12)17)15(18)19/h2-5,8-9H,6-7H2,1H3,(H,16,17)(H,18,19). The van der Waals surface area contributed by atoms with Crippen LogP contribution in [-0.2, 0) is 12.8 Å². The summed E-state index contributed by atoms with van der Waals surface area (Å²) in [5.74, 6) is -1.20. The van der Waals surface area contributed by atoms with Gasteiger partial charge in [-0.05, 0) is 25.3 Å². The minimum Gasteiger partial charge on any atom is -0.477 e. The first kappa shape index (κ1) is 13.1. The third-order valence-electron chi connectivity index (χ3n) is 3.06. The first-order valence-corrected chi connectivity index (χ1v) is 6.07. The van der Waals surface area contributed by atoms with Gasteiger partial charge in [0, 0.05) is 18.0 Å². The van der Waals surface area contributed by atoms with E-state index in [1.807, 2.05) is 31.2 Å². The van der Waals surface area contributed by atoms with Gasteiger partial charge in [-0.25, -0.2) is 4.79 Å². The van der Waals surface area contributed by atoms with Crippen LogP contribution in [-0.4, -0.2) is 16.1 Å². The fourth-order valence-corrected chi connectivity index (χ4v) is 1.91. The summed E-state index contributed by atoms with van der Waals surface area (Å²) in [6.07, 6.45) is 4.04. The summed E-state index contributed by atoms with van der Waals surface area (Å²) >= 11 is 0. The molecule has 0 spiro atoms. The van der Waals surface area contributed by atoms with Crippen LogP contribution in [0.15, 0.2) is 41.5 Å². The van der Waals surface area contributed by atoms with Crippen molar-refractivity contribution in [2.75, 3.05) is 0 Å². The van der Waals surface area contributed by atoms with E-state index in [2.05, 4.69) is 4.98 Å². The molecule has 19 heavy (non-hydrogen) atoms. The lowest BCUT2D eigenvalue weighted by Gasteiger charge is -2.03. The molecule has 0 bridgehead atoms. The van der Waals surface area contributed by atoms with E-state index in [4.69, 9.17) is 5.11 Å². The molecular weight excluding hydrogens is 242 g/mol. The van der Waals surface area contributed by atoms with Gasteiger partial charge in [0.05, 0.1) is 0 Å². The molecule has 4 heteroatoms. The number of aryl methyl sites for hydroxylation is 3. The van der Waals surface area contributed by atoms with Gasteiger partial charge in [-0.15, -0.1) is 0 Å². The normalized spacial score (nSPS) is 10.4. The average Bonchev–Trinajstić information content (AvgIpc) is 2.39. The lowest BCUT2D eigenvalue weighted by molar-refractivity contribution is 0.0695. The van der Waals surface area contributed by atoms with Gasteiger partial charge in [-0.2, -0.15) is 0 Å². The molecule has 0 saturated carbocycles. The summed E-state index contributed by atoms with van der Waals surface area (Å²) < 4.78 is 0. The van der Waals surface area contributed by atoms with E-state index in [1.54, 1.807) is 6.20 Å². The monoisotopic (exact) mass is 257 g/mol. The van der Waals surface area contributed by atoms with Gasteiger partial charge in [-0.1, -0.05) is 29.8 Å². The minimum absolute atomic E-state index is 0.207. The van der Waals surface area contributed by atoms with Gasteiger partial charge < -0.3 is 10.1 Å². The van der Waals surface area contributed by atoms with Crippen molar-refractivity contribution < 1.29 is 9.90 Å². The maximum absolute atomic E-state index is 11.9. The van der Waals surface area contributed by atoms with E-state index < -0.39 is 11.4 Å². The van der Waals surface area contributed by atoms with E-state index in [0.717, 1.165) is 5.56 Å². The molecule has 1 aromatic heterocycles. The predicted octanol–water partition coefficient (Wildman–Crippen LogP) is 2.17. The van der Waals surface area contributed by atoms with Crippen molar-refractivity contribution in [1.82, 2.24) is 4.98 Å². The van der Waals surface area contributed by atoms with E-state index in [9.17, 15) is 9.59 Å². The number of pyridine rings is 1. The lowest BCUT2D eigenvalue weighted by Crippen LogP contribution is -2.19. The van der Waals surface area contributed by atoms with Gasteiger partial charge in [0.2, 0.25) is 0 Å². The van der Waals surface area contributed by atoms with Crippen LogP contribution in [0.5, 0.6) is 0 Å². The number of carboxylic acids is 1. The van der Waals surface area contributed by atoms with Crippen LogP contribution < -0.4 is 5.43 Å². The van der Waals surface area contributed by atoms with Gasteiger partial charge in [0.25, 0.3) is 0 Å². The van der Waals surface area contributed by atoms with Gasteiger partial charge in [0.1, 0.15) is 5.56 Å². The molecule has 98 valence electrons. The third-order valence-corrected chi connectivity index (χ3v) is 3.06. The molecule has 4 nitrogen and oxygen atoms in total. The van der Waals surface area contributed by atoms with E-state index in [-0.39, 0.29) is 5.56 Å². The number of carboxylic acid groups (broad SMARTS) is 1. The van der Waals surface area contributed by atoms with Crippen molar-refractivity contribution in [3.8, 4) is 0 Å². The highest BCUT2D eigenvalue weighted by Gasteiger charge is 2.11. The Balaban J connectivity index is 2.16. The third kappa shape index (κ3) is 3.10. The molecule has 0 atom stereocenters. The van der Waals surface area contributed by atoms with Gasteiger partial charge >= 0.3 is 5.97 Å². The Morgan fingerprint density at radius 3 is 2.47 bits per heavy atom.